The number of rotatable bonds is 1. The highest BCUT2D eigenvalue weighted by molar-refractivity contribution is 8.14. The third-order valence-electron chi connectivity index (χ3n) is 1.22. The maximum atomic E-state index is 8.35. The average molecular weight is 147 g/mol. The second kappa shape index (κ2) is 3.08. The van der Waals surface area contributed by atoms with Crippen LogP contribution in [0.4, 0.5) is 0 Å². The van der Waals surface area contributed by atoms with Crippen LogP contribution in [0.1, 0.15) is 13.3 Å². The van der Waals surface area contributed by atoms with Crippen molar-refractivity contribution in [3.63, 3.8) is 0 Å². The number of ether oxygens (including phenoxy) is 1. The number of thioether (sulfide) groups is 1. The van der Waals surface area contributed by atoms with Crippen LogP contribution in [0.2, 0.25) is 0 Å². The average Bonchev–Trinajstić information content (AvgIpc) is 2.33. The van der Waals surface area contributed by atoms with Crippen LogP contribution >= 0.6 is 11.8 Å². The van der Waals surface area contributed by atoms with Gasteiger partial charge in [0.25, 0.3) is 0 Å². The fourth-order valence-electron chi connectivity index (χ4n) is 0.726. The summed E-state index contributed by atoms with van der Waals surface area (Å²) in [5.41, 5.74) is 0. The summed E-state index contributed by atoms with van der Waals surface area (Å²) in [5, 5.41) is 12.2. The quantitative estimate of drug-likeness (QED) is 0.448. The molecule has 1 heterocycles. The molecular weight excluding hydrogens is 138 g/mol. The second-order valence-corrected chi connectivity index (χ2v) is 2.71. The van der Waals surface area contributed by atoms with Crippen LogP contribution in [0.3, 0.4) is 0 Å². The fraction of sp³-hybridized carbons (Fsp3) is 0.800. The van der Waals surface area contributed by atoms with Crippen LogP contribution in [-0.4, -0.2) is 22.3 Å². The molecule has 0 aromatic rings. The van der Waals surface area contributed by atoms with Gasteiger partial charge in [0, 0.05) is 0 Å². The van der Waals surface area contributed by atoms with Gasteiger partial charge in [0.1, 0.15) is 11.1 Å². The third kappa shape index (κ3) is 1.37. The Morgan fingerprint density at radius 1 is 2.00 bits per heavy atom. The lowest BCUT2D eigenvalue weighted by molar-refractivity contribution is 0.147. The van der Waals surface area contributed by atoms with Crippen LogP contribution in [0.25, 0.3) is 0 Å². The van der Waals surface area contributed by atoms with Crippen molar-refractivity contribution in [2.75, 3.05) is 5.94 Å². The van der Waals surface area contributed by atoms with Crippen LogP contribution < -0.4 is 0 Å². The van der Waals surface area contributed by atoms with Gasteiger partial charge < -0.3 is 9.94 Å². The smallest absolute Gasteiger partial charge is 0.143 e. The molecular formula is C5H9NO2S. The van der Waals surface area contributed by atoms with Gasteiger partial charge in [-0.25, -0.2) is 0 Å². The Morgan fingerprint density at radius 2 is 2.78 bits per heavy atom. The first-order chi connectivity index (χ1) is 4.38. The van der Waals surface area contributed by atoms with Gasteiger partial charge in [-0.05, 0) is 6.42 Å². The molecule has 4 heteroatoms. The molecule has 0 amide bonds. The van der Waals surface area contributed by atoms with Crippen molar-refractivity contribution in [1.82, 2.24) is 0 Å². The summed E-state index contributed by atoms with van der Waals surface area (Å²) < 4.78 is 5.18. The summed E-state index contributed by atoms with van der Waals surface area (Å²) in [7, 11) is 0. The van der Waals surface area contributed by atoms with E-state index >= 15 is 0 Å². The summed E-state index contributed by atoms with van der Waals surface area (Å²) in [4.78, 5) is 0. The first kappa shape index (κ1) is 6.89. The number of nitrogens with zero attached hydrogens (tertiary/aromatic N) is 1. The molecule has 0 saturated carbocycles. The highest BCUT2D eigenvalue weighted by atomic mass is 32.2. The van der Waals surface area contributed by atoms with Gasteiger partial charge in [-0.1, -0.05) is 23.8 Å². The summed E-state index contributed by atoms with van der Waals surface area (Å²) in [6, 6.07) is 0. The maximum absolute atomic E-state index is 8.35. The normalized spacial score (nSPS) is 31.7. The topological polar surface area (TPSA) is 41.8 Å². The molecule has 1 aliphatic rings. The predicted molar refractivity (Wildman–Crippen MR) is 36.8 cm³/mol. The minimum Gasteiger partial charge on any atom is -0.410 e. The van der Waals surface area contributed by atoms with E-state index in [2.05, 4.69) is 5.16 Å². The Morgan fingerprint density at radius 3 is 3.22 bits per heavy atom. The Bertz CT molecular complexity index is 126. The van der Waals surface area contributed by atoms with Gasteiger partial charge in [-0.15, -0.1) is 0 Å². The summed E-state index contributed by atoms with van der Waals surface area (Å²) in [6.45, 7) is 2.00. The standard InChI is InChI=1S/C5H9NO2S/c1-2-4-5(6-7)9-3-8-4/h4,7H,2-3H2,1H3. The summed E-state index contributed by atoms with van der Waals surface area (Å²) in [6.07, 6.45) is 0.923. The highest BCUT2D eigenvalue weighted by Crippen LogP contribution is 2.21. The summed E-state index contributed by atoms with van der Waals surface area (Å²) >= 11 is 1.45. The maximum Gasteiger partial charge on any atom is 0.143 e. The van der Waals surface area contributed by atoms with E-state index in [1.54, 1.807) is 0 Å². The van der Waals surface area contributed by atoms with E-state index in [0.29, 0.717) is 11.0 Å². The largest absolute Gasteiger partial charge is 0.410 e. The number of hydrogen-bond donors (Lipinski definition) is 1. The van der Waals surface area contributed by atoms with Crippen LogP contribution in [0, 0.1) is 0 Å². The van der Waals surface area contributed by atoms with Crippen molar-refractivity contribution in [2.45, 2.75) is 19.4 Å². The lowest BCUT2D eigenvalue weighted by Gasteiger charge is -2.01. The Balaban J connectivity index is 2.52. The predicted octanol–water partition coefficient (Wildman–Crippen LogP) is 1.27. The zero-order valence-corrected chi connectivity index (χ0v) is 6.02. The first-order valence-corrected chi connectivity index (χ1v) is 3.83. The molecule has 1 rings (SSSR count). The van der Waals surface area contributed by atoms with Crippen molar-refractivity contribution in [2.24, 2.45) is 5.16 Å². The van der Waals surface area contributed by atoms with Gasteiger partial charge in [-0.3, -0.25) is 0 Å². The lowest BCUT2D eigenvalue weighted by atomic mass is 10.3. The van der Waals surface area contributed by atoms with E-state index in [0.717, 1.165) is 6.42 Å². The molecule has 0 bridgehead atoms. The molecule has 0 radical (unpaired) electrons. The summed E-state index contributed by atoms with van der Waals surface area (Å²) in [5.74, 6) is 0.623. The van der Waals surface area contributed by atoms with Crippen molar-refractivity contribution in [3.8, 4) is 0 Å². The van der Waals surface area contributed by atoms with Crippen molar-refractivity contribution in [3.05, 3.63) is 0 Å². The molecule has 52 valence electrons. The minimum absolute atomic E-state index is 0.0417. The van der Waals surface area contributed by atoms with Crippen molar-refractivity contribution >= 4 is 16.8 Å². The molecule has 0 aromatic heterocycles. The Hall–Kier alpha value is -0.220. The molecule has 1 fully saturated rings. The van der Waals surface area contributed by atoms with Crippen LogP contribution in [-0.2, 0) is 4.74 Å². The Kier molecular flexibility index (Phi) is 2.36. The first-order valence-electron chi connectivity index (χ1n) is 2.84. The molecule has 0 aliphatic carbocycles. The number of oxime groups is 1. The highest BCUT2D eigenvalue weighted by Gasteiger charge is 2.22. The third-order valence-corrected chi connectivity index (χ3v) is 2.12. The lowest BCUT2D eigenvalue weighted by Crippen LogP contribution is -2.12. The molecule has 1 unspecified atom stereocenters. The Labute approximate surface area is 58.1 Å². The van der Waals surface area contributed by atoms with Crippen LogP contribution in [0.5, 0.6) is 0 Å². The molecule has 1 saturated heterocycles. The molecule has 9 heavy (non-hydrogen) atoms. The molecule has 0 aromatic carbocycles. The van der Waals surface area contributed by atoms with E-state index in [-0.39, 0.29) is 6.10 Å². The zero-order chi connectivity index (χ0) is 6.69. The van der Waals surface area contributed by atoms with Gasteiger partial charge >= 0.3 is 0 Å². The fourth-order valence-corrected chi connectivity index (χ4v) is 1.56. The van der Waals surface area contributed by atoms with E-state index in [1.807, 2.05) is 6.92 Å². The zero-order valence-electron chi connectivity index (χ0n) is 5.20. The van der Waals surface area contributed by atoms with E-state index in [9.17, 15) is 0 Å². The molecule has 1 N–H and O–H groups in total. The van der Waals surface area contributed by atoms with Crippen molar-refractivity contribution in [1.29, 1.82) is 0 Å². The monoisotopic (exact) mass is 147 g/mol. The molecule has 1 atom stereocenters. The van der Waals surface area contributed by atoms with Gasteiger partial charge in [0.05, 0.1) is 5.94 Å². The van der Waals surface area contributed by atoms with Gasteiger partial charge in [-0.2, -0.15) is 0 Å². The van der Waals surface area contributed by atoms with Crippen molar-refractivity contribution < 1.29 is 9.94 Å². The molecule has 3 nitrogen and oxygen atoms in total. The minimum atomic E-state index is 0.0417. The van der Waals surface area contributed by atoms with Crippen LogP contribution in [0.15, 0.2) is 5.16 Å². The van der Waals surface area contributed by atoms with E-state index < -0.39 is 0 Å². The van der Waals surface area contributed by atoms with E-state index in [1.165, 1.54) is 11.8 Å². The van der Waals surface area contributed by atoms with Gasteiger partial charge in [0.2, 0.25) is 0 Å². The van der Waals surface area contributed by atoms with Gasteiger partial charge in [0.15, 0.2) is 0 Å². The number of hydrogen-bond acceptors (Lipinski definition) is 4. The molecule has 1 aliphatic heterocycles. The van der Waals surface area contributed by atoms with E-state index in [4.69, 9.17) is 9.94 Å². The SMILES string of the molecule is CCC1OCSC1=NO. The second-order valence-electron chi connectivity index (χ2n) is 1.76. The molecule has 0 spiro atoms.